The Kier molecular flexibility index (Phi) is 4.36. The van der Waals surface area contributed by atoms with E-state index in [0.29, 0.717) is 0 Å². The van der Waals surface area contributed by atoms with Gasteiger partial charge in [-0.2, -0.15) is 0 Å². The smallest absolute Gasteiger partial charge is 0.312 e. The largest absolute Gasteiger partial charge is 0.469 e. The Morgan fingerprint density at radius 3 is 2.35 bits per heavy atom. The SMILES string of the molecule is C=C(c1ccccc1)c1cccc([C@H](C)C(=O)OC)c1. The molecular weight excluding hydrogens is 248 g/mol. The number of carbonyl (C=O) groups excluding carboxylic acids is 1. The second kappa shape index (κ2) is 6.20. The van der Waals surface area contributed by atoms with Crippen LogP contribution >= 0.6 is 0 Å². The van der Waals surface area contributed by atoms with Gasteiger partial charge in [-0.05, 0) is 29.2 Å². The summed E-state index contributed by atoms with van der Waals surface area (Å²) in [4.78, 5) is 11.6. The first-order chi connectivity index (χ1) is 9.63. The van der Waals surface area contributed by atoms with Crippen LogP contribution in [0.2, 0.25) is 0 Å². The first-order valence-corrected chi connectivity index (χ1v) is 6.56. The first-order valence-electron chi connectivity index (χ1n) is 6.56. The van der Waals surface area contributed by atoms with Crippen molar-refractivity contribution >= 4 is 11.5 Å². The van der Waals surface area contributed by atoms with Crippen LogP contribution in [0.25, 0.3) is 5.57 Å². The molecule has 0 spiro atoms. The van der Waals surface area contributed by atoms with E-state index in [2.05, 4.69) is 6.58 Å². The third kappa shape index (κ3) is 2.97. The number of esters is 1. The van der Waals surface area contributed by atoms with E-state index in [4.69, 9.17) is 4.74 Å². The van der Waals surface area contributed by atoms with Crippen molar-refractivity contribution in [2.75, 3.05) is 7.11 Å². The highest BCUT2D eigenvalue weighted by Crippen LogP contribution is 2.25. The van der Waals surface area contributed by atoms with Gasteiger partial charge in [-0.15, -0.1) is 0 Å². The molecule has 0 aliphatic rings. The van der Waals surface area contributed by atoms with Gasteiger partial charge in [0.1, 0.15) is 0 Å². The van der Waals surface area contributed by atoms with Crippen LogP contribution in [0.3, 0.4) is 0 Å². The molecular formula is C18H18O2. The van der Waals surface area contributed by atoms with E-state index in [1.807, 2.05) is 61.5 Å². The average molecular weight is 266 g/mol. The summed E-state index contributed by atoms with van der Waals surface area (Å²) >= 11 is 0. The number of rotatable bonds is 4. The van der Waals surface area contributed by atoms with Crippen molar-refractivity contribution in [3.8, 4) is 0 Å². The lowest BCUT2D eigenvalue weighted by atomic mass is 9.94. The Balaban J connectivity index is 2.31. The Bertz CT molecular complexity index is 614. The van der Waals surface area contributed by atoms with Gasteiger partial charge in [0.15, 0.2) is 0 Å². The molecule has 0 unspecified atom stereocenters. The van der Waals surface area contributed by atoms with Crippen LogP contribution in [-0.4, -0.2) is 13.1 Å². The first kappa shape index (κ1) is 14.1. The predicted octanol–water partition coefficient (Wildman–Crippen LogP) is 4.02. The number of methoxy groups -OCH3 is 1. The molecule has 2 nitrogen and oxygen atoms in total. The van der Waals surface area contributed by atoms with Crippen molar-refractivity contribution in [3.63, 3.8) is 0 Å². The second-order valence-electron chi connectivity index (χ2n) is 4.71. The average Bonchev–Trinajstić information content (AvgIpc) is 2.53. The Morgan fingerprint density at radius 1 is 1.05 bits per heavy atom. The van der Waals surface area contributed by atoms with E-state index in [-0.39, 0.29) is 11.9 Å². The van der Waals surface area contributed by atoms with Crippen LogP contribution in [0.4, 0.5) is 0 Å². The molecule has 0 saturated heterocycles. The van der Waals surface area contributed by atoms with Crippen molar-refractivity contribution in [2.45, 2.75) is 12.8 Å². The number of benzene rings is 2. The zero-order valence-corrected chi connectivity index (χ0v) is 11.8. The summed E-state index contributed by atoms with van der Waals surface area (Å²) in [5.41, 5.74) is 3.98. The van der Waals surface area contributed by atoms with Gasteiger partial charge in [0, 0.05) is 0 Å². The van der Waals surface area contributed by atoms with Crippen LogP contribution in [0.15, 0.2) is 61.2 Å². The monoisotopic (exact) mass is 266 g/mol. The van der Waals surface area contributed by atoms with E-state index in [1.54, 1.807) is 0 Å². The minimum atomic E-state index is -0.275. The van der Waals surface area contributed by atoms with Crippen LogP contribution in [0, 0.1) is 0 Å². The highest BCUT2D eigenvalue weighted by molar-refractivity contribution is 5.81. The van der Waals surface area contributed by atoms with Crippen molar-refractivity contribution in [3.05, 3.63) is 77.9 Å². The normalized spacial score (nSPS) is 11.7. The summed E-state index contributed by atoms with van der Waals surface area (Å²) in [6.07, 6.45) is 0. The lowest BCUT2D eigenvalue weighted by molar-refractivity contribution is -0.141. The minimum absolute atomic E-state index is 0.229. The van der Waals surface area contributed by atoms with Crippen molar-refractivity contribution in [2.24, 2.45) is 0 Å². The molecule has 0 aliphatic carbocycles. The summed E-state index contributed by atoms with van der Waals surface area (Å²) in [5, 5.41) is 0. The third-order valence-corrected chi connectivity index (χ3v) is 3.41. The summed E-state index contributed by atoms with van der Waals surface area (Å²) in [6, 6.07) is 17.9. The molecule has 0 amide bonds. The number of hydrogen-bond acceptors (Lipinski definition) is 2. The number of hydrogen-bond donors (Lipinski definition) is 0. The summed E-state index contributed by atoms with van der Waals surface area (Å²) in [5.74, 6) is -0.504. The van der Waals surface area contributed by atoms with E-state index in [1.165, 1.54) is 7.11 Å². The predicted molar refractivity (Wildman–Crippen MR) is 81.5 cm³/mol. The molecule has 1 atom stereocenters. The molecule has 0 N–H and O–H groups in total. The molecule has 0 heterocycles. The minimum Gasteiger partial charge on any atom is -0.469 e. The molecule has 0 aromatic heterocycles. The zero-order chi connectivity index (χ0) is 14.5. The van der Waals surface area contributed by atoms with Crippen LogP contribution in [-0.2, 0) is 9.53 Å². The second-order valence-corrected chi connectivity index (χ2v) is 4.71. The topological polar surface area (TPSA) is 26.3 Å². The number of ether oxygens (including phenoxy) is 1. The molecule has 102 valence electrons. The van der Waals surface area contributed by atoms with Gasteiger partial charge >= 0.3 is 5.97 Å². The number of carbonyl (C=O) groups is 1. The van der Waals surface area contributed by atoms with Gasteiger partial charge in [-0.25, -0.2) is 0 Å². The highest BCUT2D eigenvalue weighted by atomic mass is 16.5. The van der Waals surface area contributed by atoms with Gasteiger partial charge in [0.05, 0.1) is 13.0 Å². The maximum Gasteiger partial charge on any atom is 0.312 e. The fourth-order valence-corrected chi connectivity index (χ4v) is 2.11. The molecule has 0 radical (unpaired) electrons. The highest BCUT2D eigenvalue weighted by Gasteiger charge is 2.16. The molecule has 2 rings (SSSR count). The van der Waals surface area contributed by atoms with Crippen molar-refractivity contribution in [1.82, 2.24) is 0 Å². The Morgan fingerprint density at radius 2 is 1.70 bits per heavy atom. The van der Waals surface area contributed by atoms with Crippen LogP contribution in [0.5, 0.6) is 0 Å². The van der Waals surface area contributed by atoms with Gasteiger partial charge in [0.25, 0.3) is 0 Å². The van der Waals surface area contributed by atoms with Gasteiger partial charge < -0.3 is 4.74 Å². The summed E-state index contributed by atoms with van der Waals surface area (Å²) in [6.45, 7) is 5.99. The van der Waals surface area contributed by atoms with Gasteiger partial charge in [-0.1, -0.05) is 61.2 Å². The van der Waals surface area contributed by atoms with Gasteiger partial charge in [-0.3, -0.25) is 4.79 Å². The van der Waals surface area contributed by atoms with E-state index >= 15 is 0 Å². The molecule has 0 aliphatic heterocycles. The lowest BCUT2D eigenvalue weighted by Gasteiger charge is -2.12. The molecule has 20 heavy (non-hydrogen) atoms. The molecule has 0 bridgehead atoms. The van der Waals surface area contributed by atoms with Crippen LogP contribution in [0.1, 0.15) is 29.5 Å². The molecule has 2 aromatic carbocycles. The molecule has 2 heteroatoms. The molecule has 2 aromatic rings. The fourth-order valence-electron chi connectivity index (χ4n) is 2.11. The molecule has 0 fully saturated rings. The van der Waals surface area contributed by atoms with Crippen LogP contribution < -0.4 is 0 Å². The maximum atomic E-state index is 11.6. The third-order valence-electron chi connectivity index (χ3n) is 3.41. The standard InChI is InChI=1S/C18H18O2/c1-13(15-8-5-4-6-9-15)16-10-7-11-17(12-16)14(2)18(19)20-3/h4-12,14H,1H2,2-3H3/t14-/m0/s1. The van der Waals surface area contributed by atoms with E-state index in [0.717, 1.165) is 22.3 Å². The van der Waals surface area contributed by atoms with E-state index in [9.17, 15) is 4.79 Å². The van der Waals surface area contributed by atoms with Crippen molar-refractivity contribution in [1.29, 1.82) is 0 Å². The zero-order valence-electron chi connectivity index (χ0n) is 11.8. The quantitative estimate of drug-likeness (QED) is 0.781. The Hall–Kier alpha value is -2.35. The summed E-state index contributed by atoms with van der Waals surface area (Å²) in [7, 11) is 1.41. The lowest BCUT2D eigenvalue weighted by Crippen LogP contribution is -2.10. The fraction of sp³-hybridized carbons (Fsp3) is 0.167. The van der Waals surface area contributed by atoms with Crippen molar-refractivity contribution < 1.29 is 9.53 Å². The van der Waals surface area contributed by atoms with E-state index < -0.39 is 0 Å². The Labute approximate surface area is 119 Å². The maximum absolute atomic E-state index is 11.6. The molecule has 0 saturated carbocycles. The summed E-state index contributed by atoms with van der Waals surface area (Å²) < 4.78 is 4.79. The van der Waals surface area contributed by atoms with Gasteiger partial charge in [0.2, 0.25) is 0 Å².